The predicted molar refractivity (Wildman–Crippen MR) is 117 cm³/mol. The number of hydrogen-bond acceptors (Lipinski definition) is 14. The van der Waals surface area contributed by atoms with Gasteiger partial charge >= 0.3 is 59.1 Å². The molecule has 0 bridgehead atoms. The molecule has 2 aromatic rings. The van der Waals surface area contributed by atoms with Crippen molar-refractivity contribution in [2.75, 3.05) is 28.9 Å². The Hall–Kier alpha value is -0.640. The SMILES string of the molecule is CC(=O)Nc1cc(NCS(=O)(=O)[O-])ccc1N=Nc1ccc(S(=O)(=O)CCOSOO[O-])cc1.[Na+].[Na+]. The van der Waals surface area contributed by atoms with Gasteiger partial charge in [0, 0.05) is 12.6 Å². The third kappa shape index (κ3) is 13.2. The summed E-state index contributed by atoms with van der Waals surface area (Å²) in [5, 5.41) is 25.6. The standard InChI is InChI=1S/C17H20N4O10S3.2Na/c1-12(22)19-17-10-14(18-11-34(26,27)28)4-7-16(17)21-20-13-2-5-15(6-3-13)33(24,25)9-8-29-32-31-30-23;;/h2-7,10,18,23H,8-9,11H2,1H3,(H,19,22)(H,26,27,28);;/q;2*+1/p-2. The van der Waals surface area contributed by atoms with E-state index in [9.17, 15) is 31.4 Å². The normalized spacial score (nSPS) is 11.4. The molecule has 0 fully saturated rings. The second-order valence-electron chi connectivity index (χ2n) is 6.33. The van der Waals surface area contributed by atoms with Crippen LogP contribution in [0.1, 0.15) is 6.92 Å². The molecule has 0 unspecified atom stereocenters. The van der Waals surface area contributed by atoms with E-state index in [4.69, 9.17) is 4.18 Å². The van der Waals surface area contributed by atoms with Crippen molar-refractivity contribution in [2.45, 2.75) is 11.8 Å². The molecular formula is C17H18N4Na2O10S3. The van der Waals surface area contributed by atoms with E-state index in [0.717, 1.165) is 0 Å². The number of azo groups is 1. The molecule has 0 saturated carbocycles. The third-order valence-corrected chi connectivity index (χ3v) is 6.33. The molecule has 0 aliphatic carbocycles. The van der Waals surface area contributed by atoms with Crippen molar-refractivity contribution in [2.24, 2.45) is 10.2 Å². The van der Waals surface area contributed by atoms with Gasteiger partial charge in [-0.3, -0.25) is 14.0 Å². The van der Waals surface area contributed by atoms with Crippen molar-refractivity contribution in [3.63, 3.8) is 0 Å². The van der Waals surface area contributed by atoms with Crippen LogP contribution >= 0.6 is 12.3 Å². The number of hydrogen-bond donors (Lipinski definition) is 2. The molecule has 0 aliphatic rings. The second-order valence-corrected chi connectivity index (χ2v) is 10.4. The van der Waals surface area contributed by atoms with E-state index < -0.39 is 31.7 Å². The number of sulfone groups is 1. The Bertz CT molecular complexity index is 1230. The van der Waals surface area contributed by atoms with Crippen LogP contribution in [-0.2, 0) is 38.3 Å². The van der Waals surface area contributed by atoms with E-state index in [2.05, 4.69) is 30.2 Å². The Labute approximate surface area is 256 Å². The van der Waals surface area contributed by atoms with Crippen LogP contribution in [-0.4, -0.2) is 45.5 Å². The Morgan fingerprint density at radius 1 is 1.06 bits per heavy atom. The molecule has 36 heavy (non-hydrogen) atoms. The number of amides is 1. The maximum Gasteiger partial charge on any atom is 1.00 e. The van der Waals surface area contributed by atoms with Crippen molar-refractivity contribution in [3.05, 3.63) is 42.5 Å². The summed E-state index contributed by atoms with van der Waals surface area (Å²) in [5.74, 6) is -1.64. The first-order chi connectivity index (χ1) is 16.0. The number of nitrogens with zero attached hydrogens (tertiary/aromatic N) is 2. The molecule has 2 aromatic carbocycles. The quantitative estimate of drug-likeness (QED) is 0.0438. The van der Waals surface area contributed by atoms with Gasteiger partial charge in [0.05, 0.1) is 28.6 Å². The smallest absolute Gasteiger partial charge is 0.747 e. The molecule has 2 N–H and O–H groups in total. The first kappa shape index (κ1) is 35.4. The topological polar surface area (TPSA) is 208 Å². The summed E-state index contributed by atoms with van der Waals surface area (Å²) in [4.78, 5) is 11.5. The zero-order valence-electron chi connectivity index (χ0n) is 19.4. The van der Waals surface area contributed by atoms with Gasteiger partial charge in [0.15, 0.2) is 22.2 Å². The summed E-state index contributed by atoms with van der Waals surface area (Å²) >= 11 is 0.208. The fourth-order valence-corrected chi connectivity index (χ4v) is 4.10. The molecule has 2 rings (SSSR count). The molecule has 14 nitrogen and oxygen atoms in total. The minimum Gasteiger partial charge on any atom is -0.747 e. The number of nitrogens with one attached hydrogen (secondary N) is 2. The van der Waals surface area contributed by atoms with Crippen molar-refractivity contribution < 1.29 is 104 Å². The van der Waals surface area contributed by atoms with E-state index in [1.807, 2.05) is 0 Å². The fourth-order valence-electron chi connectivity index (χ4n) is 2.35. The van der Waals surface area contributed by atoms with Crippen LogP contribution in [0.5, 0.6) is 0 Å². The second kappa shape index (κ2) is 17.0. The number of carbonyl (C=O) groups excluding carboxylic acids is 1. The van der Waals surface area contributed by atoms with Crippen LogP contribution in [0.15, 0.2) is 57.6 Å². The molecule has 19 heteroatoms. The number of anilines is 2. The van der Waals surface area contributed by atoms with Gasteiger partial charge in [-0.25, -0.2) is 16.8 Å². The number of rotatable bonds is 13. The van der Waals surface area contributed by atoms with E-state index in [1.54, 1.807) is 0 Å². The Morgan fingerprint density at radius 2 is 1.72 bits per heavy atom. The van der Waals surface area contributed by atoms with Gasteiger partial charge in [-0.2, -0.15) is 5.11 Å². The Balaban J connectivity index is 0.00000612. The molecule has 0 saturated heterocycles. The maximum atomic E-state index is 12.3. The molecule has 186 valence electrons. The van der Waals surface area contributed by atoms with Crippen molar-refractivity contribution >= 4 is 60.9 Å². The number of carbonyl (C=O) groups is 1. The average molecular weight is 581 g/mol. The summed E-state index contributed by atoms with van der Waals surface area (Å²) < 4.78 is 65.4. The molecule has 0 radical (unpaired) electrons. The molecule has 0 spiro atoms. The third-order valence-electron chi connectivity index (χ3n) is 3.77. The Kier molecular flexibility index (Phi) is 16.7. The molecule has 0 atom stereocenters. The first-order valence-electron chi connectivity index (χ1n) is 9.08. The van der Waals surface area contributed by atoms with E-state index in [1.165, 1.54) is 49.4 Å². The monoisotopic (exact) mass is 580 g/mol. The summed E-state index contributed by atoms with van der Waals surface area (Å²) in [6, 6.07) is 9.71. The largest absolute Gasteiger partial charge is 1.00 e. The zero-order valence-corrected chi connectivity index (χ0v) is 25.8. The first-order valence-corrected chi connectivity index (χ1v) is 13.0. The van der Waals surface area contributed by atoms with Gasteiger partial charge in [-0.1, -0.05) is 0 Å². The van der Waals surface area contributed by atoms with E-state index in [-0.39, 0.29) is 106 Å². The van der Waals surface area contributed by atoms with Gasteiger partial charge in [0.25, 0.3) is 0 Å². The van der Waals surface area contributed by atoms with Crippen LogP contribution in [0.4, 0.5) is 22.7 Å². The molecule has 0 aliphatic heterocycles. The summed E-state index contributed by atoms with van der Waals surface area (Å²) in [5.41, 5.74) is 0.987. The maximum absolute atomic E-state index is 12.3. The van der Waals surface area contributed by atoms with Crippen LogP contribution in [0, 0.1) is 0 Å². The van der Waals surface area contributed by atoms with Gasteiger partial charge in [-0.05, 0) is 42.5 Å². The van der Waals surface area contributed by atoms with Gasteiger partial charge in [0.2, 0.25) is 5.91 Å². The van der Waals surface area contributed by atoms with Crippen LogP contribution in [0.3, 0.4) is 0 Å². The zero-order chi connectivity index (χ0) is 25.2. The van der Waals surface area contributed by atoms with Crippen LogP contribution in [0.25, 0.3) is 0 Å². The van der Waals surface area contributed by atoms with E-state index in [0.29, 0.717) is 5.69 Å². The minimum absolute atomic E-state index is 0. The van der Waals surface area contributed by atoms with Crippen LogP contribution in [0.2, 0.25) is 0 Å². The van der Waals surface area contributed by atoms with Gasteiger partial charge in [-0.15, -0.1) is 9.45 Å². The number of benzene rings is 2. The van der Waals surface area contributed by atoms with Crippen LogP contribution < -0.4 is 75.0 Å². The van der Waals surface area contributed by atoms with Crippen molar-refractivity contribution in [1.82, 2.24) is 0 Å². The molecule has 0 aromatic heterocycles. The van der Waals surface area contributed by atoms with E-state index >= 15 is 0 Å². The predicted octanol–water partition coefficient (Wildman–Crippen LogP) is -4.44. The summed E-state index contributed by atoms with van der Waals surface area (Å²) in [6.07, 6.45) is 0. The summed E-state index contributed by atoms with van der Waals surface area (Å²) in [6.45, 7) is 1.01. The molecule has 0 heterocycles. The van der Waals surface area contributed by atoms with Gasteiger partial charge < -0.3 is 20.4 Å². The minimum atomic E-state index is -4.50. The average Bonchev–Trinajstić information content (AvgIpc) is 2.76. The van der Waals surface area contributed by atoms with Crippen molar-refractivity contribution in [1.29, 1.82) is 0 Å². The van der Waals surface area contributed by atoms with Gasteiger partial charge in [0.1, 0.15) is 21.7 Å². The van der Waals surface area contributed by atoms with Crippen molar-refractivity contribution in [3.8, 4) is 0 Å². The Morgan fingerprint density at radius 3 is 2.31 bits per heavy atom. The summed E-state index contributed by atoms with van der Waals surface area (Å²) in [7, 11) is -8.18. The molecule has 1 amide bonds. The molecular weight excluding hydrogens is 562 g/mol. The fraction of sp³-hybridized carbons (Fsp3) is 0.235.